The fourth-order valence-corrected chi connectivity index (χ4v) is 3.07. The maximum Gasteiger partial charge on any atom is 0.276 e. The SMILES string of the molecule is CCN(c1ccccc1)c1ccc(C(=O)Nc2cccc3cccnc23)nn1. The van der Waals surface area contributed by atoms with Gasteiger partial charge in [-0.3, -0.25) is 9.78 Å². The molecule has 0 bridgehead atoms. The number of pyridine rings is 1. The number of anilines is 3. The molecule has 0 saturated carbocycles. The molecule has 4 rings (SSSR count). The molecule has 2 aromatic carbocycles. The standard InChI is InChI=1S/C22H19N5O/c1-2-27(17-10-4-3-5-11-17)20-14-13-19(25-26-20)22(28)24-18-12-6-8-16-9-7-15-23-21(16)18/h3-15H,2H2,1H3,(H,24,28). The average molecular weight is 369 g/mol. The highest BCUT2D eigenvalue weighted by Crippen LogP contribution is 2.23. The number of aromatic nitrogens is 3. The molecule has 0 radical (unpaired) electrons. The first kappa shape index (κ1) is 17.6. The van der Waals surface area contributed by atoms with Crippen molar-refractivity contribution in [1.82, 2.24) is 15.2 Å². The second-order valence-corrected chi connectivity index (χ2v) is 6.19. The Hall–Kier alpha value is -3.80. The van der Waals surface area contributed by atoms with Gasteiger partial charge in [0.1, 0.15) is 0 Å². The van der Waals surface area contributed by atoms with E-state index in [0.29, 0.717) is 11.5 Å². The first-order chi connectivity index (χ1) is 13.8. The van der Waals surface area contributed by atoms with E-state index in [2.05, 4.69) is 20.5 Å². The zero-order valence-corrected chi connectivity index (χ0v) is 15.4. The van der Waals surface area contributed by atoms with Gasteiger partial charge < -0.3 is 10.2 Å². The smallest absolute Gasteiger partial charge is 0.276 e. The number of benzene rings is 2. The molecule has 1 amide bonds. The van der Waals surface area contributed by atoms with Crippen molar-refractivity contribution in [3.05, 3.63) is 84.7 Å². The molecule has 0 fully saturated rings. The molecule has 2 aromatic heterocycles. The maximum absolute atomic E-state index is 12.6. The summed E-state index contributed by atoms with van der Waals surface area (Å²) in [6.45, 7) is 2.79. The summed E-state index contributed by atoms with van der Waals surface area (Å²) < 4.78 is 0. The van der Waals surface area contributed by atoms with Gasteiger partial charge in [-0.1, -0.05) is 36.4 Å². The van der Waals surface area contributed by atoms with E-state index in [0.717, 1.165) is 23.1 Å². The zero-order chi connectivity index (χ0) is 19.3. The van der Waals surface area contributed by atoms with Crippen molar-refractivity contribution in [1.29, 1.82) is 0 Å². The predicted molar refractivity (Wildman–Crippen MR) is 111 cm³/mol. The summed E-state index contributed by atoms with van der Waals surface area (Å²) in [7, 11) is 0. The molecule has 0 unspecified atom stereocenters. The number of nitrogens with zero attached hydrogens (tertiary/aromatic N) is 4. The van der Waals surface area contributed by atoms with Gasteiger partial charge in [-0.2, -0.15) is 0 Å². The van der Waals surface area contributed by atoms with Crippen molar-refractivity contribution in [3.8, 4) is 0 Å². The highest BCUT2D eigenvalue weighted by molar-refractivity contribution is 6.07. The molecule has 0 aliphatic heterocycles. The molecule has 2 heterocycles. The van der Waals surface area contributed by atoms with Crippen LogP contribution in [-0.2, 0) is 0 Å². The Balaban J connectivity index is 1.56. The zero-order valence-electron chi connectivity index (χ0n) is 15.4. The molecule has 6 heteroatoms. The van der Waals surface area contributed by atoms with Gasteiger partial charge >= 0.3 is 0 Å². The summed E-state index contributed by atoms with van der Waals surface area (Å²) in [6.07, 6.45) is 1.70. The second-order valence-electron chi connectivity index (χ2n) is 6.19. The number of hydrogen-bond acceptors (Lipinski definition) is 5. The largest absolute Gasteiger partial charge is 0.325 e. The molecule has 138 valence electrons. The minimum Gasteiger partial charge on any atom is -0.325 e. The molecule has 0 saturated heterocycles. The Morgan fingerprint density at radius 3 is 2.50 bits per heavy atom. The Morgan fingerprint density at radius 1 is 0.929 bits per heavy atom. The molecular weight excluding hydrogens is 350 g/mol. The van der Waals surface area contributed by atoms with Crippen LogP contribution in [0.25, 0.3) is 10.9 Å². The van der Waals surface area contributed by atoms with Gasteiger partial charge in [-0.25, -0.2) is 0 Å². The summed E-state index contributed by atoms with van der Waals surface area (Å²) in [5.41, 5.74) is 2.66. The third kappa shape index (κ3) is 3.53. The molecule has 1 N–H and O–H groups in total. The highest BCUT2D eigenvalue weighted by atomic mass is 16.1. The van der Waals surface area contributed by atoms with E-state index < -0.39 is 0 Å². The number of carbonyl (C=O) groups excluding carboxylic acids is 1. The van der Waals surface area contributed by atoms with Gasteiger partial charge in [0.15, 0.2) is 11.5 Å². The van der Waals surface area contributed by atoms with Gasteiger partial charge in [0.2, 0.25) is 0 Å². The number of hydrogen-bond donors (Lipinski definition) is 1. The van der Waals surface area contributed by atoms with Crippen molar-refractivity contribution in [2.75, 3.05) is 16.8 Å². The van der Waals surface area contributed by atoms with E-state index in [4.69, 9.17) is 0 Å². The van der Waals surface area contributed by atoms with Crippen LogP contribution in [0.5, 0.6) is 0 Å². The predicted octanol–water partition coefficient (Wildman–Crippen LogP) is 4.44. The molecule has 0 atom stereocenters. The Morgan fingerprint density at radius 2 is 1.75 bits per heavy atom. The van der Waals surface area contributed by atoms with Crippen LogP contribution in [0, 0.1) is 0 Å². The Bertz CT molecular complexity index is 1090. The number of amides is 1. The maximum atomic E-state index is 12.6. The third-order valence-corrected chi connectivity index (χ3v) is 4.42. The fourth-order valence-electron chi connectivity index (χ4n) is 3.07. The summed E-state index contributed by atoms with van der Waals surface area (Å²) in [6, 6.07) is 22.9. The van der Waals surface area contributed by atoms with Crippen LogP contribution in [0.2, 0.25) is 0 Å². The van der Waals surface area contributed by atoms with Gasteiger partial charge in [-0.15, -0.1) is 10.2 Å². The van der Waals surface area contributed by atoms with E-state index in [-0.39, 0.29) is 11.6 Å². The van der Waals surface area contributed by atoms with Crippen molar-refractivity contribution >= 4 is 34.0 Å². The van der Waals surface area contributed by atoms with Gasteiger partial charge in [-0.05, 0) is 43.3 Å². The monoisotopic (exact) mass is 369 g/mol. The minimum absolute atomic E-state index is 0.251. The highest BCUT2D eigenvalue weighted by Gasteiger charge is 2.13. The molecule has 0 spiro atoms. The van der Waals surface area contributed by atoms with Crippen LogP contribution in [0.3, 0.4) is 0 Å². The number of carbonyl (C=O) groups is 1. The minimum atomic E-state index is -0.319. The lowest BCUT2D eigenvalue weighted by atomic mass is 10.2. The van der Waals surface area contributed by atoms with Gasteiger partial charge in [0, 0.05) is 23.8 Å². The number of rotatable bonds is 5. The quantitative estimate of drug-likeness (QED) is 0.563. The van der Waals surface area contributed by atoms with Crippen molar-refractivity contribution < 1.29 is 4.79 Å². The number of fused-ring (bicyclic) bond motifs is 1. The number of para-hydroxylation sites is 2. The first-order valence-corrected chi connectivity index (χ1v) is 9.07. The van der Waals surface area contributed by atoms with Crippen LogP contribution in [0.1, 0.15) is 17.4 Å². The van der Waals surface area contributed by atoms with E-state index >= 15 is 0 Å². The van der Waals surface area contributed by atoms with E-state index in [1.165, 1.54) is 0 Å². The average Bonchev–Trinajstić information content (AvgIpc) is 2.76. The fraction of sp³-hybridized carbons (Fsp3) is 0.0909. The van der Waals surface area contributed by atoms with E-state index in [9.17, 15) is 4.79 Å². The van der Waals surface area contributed by atoms with Crippen LogP contribution in [0.4, 0.5) is 17.2 Å². The van der Waals surface area contributed by atoms with Crippen molar-refractivity contribution in [3.63, 3.8) is 0 Å². The lowest BCUT2D eigenvalue weighted by molar-refractivity contribution is 0.102. The number of nitrogens with one attached hydrogen (secondary N) is 1. The lowest BCUT2D eigenvalue weighted by Crippen LogP contribution is -2.19. The summed E-state index contributed by atoms with van der Waals surface area (Å²) >= 11 is 0. The van der Waals surface area contributed by atoms with Crippen LogP contribution in [-0.4, -0.2) is 27.6 Å². The van der Waals surface area contributed by atoms with Crippen LogP contribution >= 0.6 is 0 Å². The van der Waals surface area contributed by atoms with Crippen molar-refractivity contribution in [2.45, 2.75) is 6.92 Å². The second kappa shape index (κ2) is 7.84. The summed E-state index contributed by atoms with van der Waals surface area (Å²) in [5, 5.41) is 12.2. The molecule has 6 nitrogen and oxygen atoms in total. The third-order valence-electron chi connectivity index (χ3n) is 4.42. The Labute approximate surface area is 162 Å². The molecule has 0 aliphatic rings. The van der Waals surface area contributed by atoms with E-state index in [1.807, 2.05) is 72.5 Å². The van der Waals surface area contributed by atoms with E-state index in [1.54, 1.807) is 18.3 Å². The Kier molecular flexibility index (Phi) is 4.93. The molecule has 4 aromatic rings. The summed E-state index contributed by atoms with van der Waals surface area (Å²) in [5.74, 6) is 0.372. The molecule has 0 aliphatic carbocycles. The topological polar surface area (TPSA) is 71.0 Å². The lowest BCUT2D eigenvalue weighted by Gasteiger charge is -2.21. The first-order valence-electron chi connectivity index (χ1n) is 9.07. The molecule has 28 heavy (non-hydrogen) atoms. The van der Waals surface area contributed by atoms with Crippen LogP contribution < -0.4 is 10.2 Å². The van der Waals surface area contributed by atoms with Gasteiger partial charge in [0.25, 0.3) is 5.91 Å². The molecular formula is C22H19N5O. The van der Waals surface area contributed by atoms with Crippen LogP contribution in [0.15, 0.2) is 79.0 Å². The normalized spacial score (nSPS) is 10.6. The van der Waals surface area contributed by atoms with Crippen molar-refractivity contribution in [2.24, 2.45) is 0 Å². The summed E-state index contributed by atoms with van der Waals surface area (Å²) in [4.78, 5) is 19.0. The van der Waals surface area contributed by atoms with Gasteiger partial charge in [0.05, 0.1) is 11.2 Å².